The van der Waals surface area contributed by atoms with Gasteiger partial charge in [-0.1, -0.05) is 12.1 Å². The van der Waals surface area contributed by atoms with Crippen molar-refractivity contribution >= 4 is 0 Å². The van der Waals surface area contributed by atoms with Crippen molar-refractivity contribution in [3.63, 3.8) is 0 Å². The molecule has 4 rings (SSSR count). The van der Waals surface area contributed by atoms with E-state index in [0.29, 0.717) is 24.3 Å². The number of halogens is 4. The van der Waals surface area contributed by atoms with E-state index in [9.17, 15) is 48.2 Å². The Morgan fingerprint density at radius 1 is 0.833 bits per heavy atom. The Hall–Kier alpha value is -2.08. The summed E-state index contributed by atoms with van der Waals surface area (Å²) >= 11 is 0. The van der Waals surface area contributed by atoms with Gasteiger partial charge < -0.3 is 30.6 Å². The van der Waals surface area contributed by atoms with E-state index in [-0.39, 0.29) is 11.1 Å². The molecule has 0 radical (unpaired) electrons. The summed E-state index contributed by atoms with van der Waals surface area (Å²) in [6, 6.07) is 4.66. The third kappa shape index (κ3) is 2.18. The average Bonchev–Trinajstić information content (AvgIpc) is 2.72. The standard InChI is InChI=1S/C20H18F4O6/c21-10-3-1-8(5-12(10)23)15-17(27)19(29)16(9-2-4-11(22)13(24)6-9)18(28,14(26)7-25)20(15,19)30/h1-6,14-17,25-30H,7H2/t14-,15?,16?,17?,18+,19+,20+/m1/s1. The van der Waals surface area contributed by atoms with E-state index in [1.165, 1.54) is 0 Å². The van der Waals surface area contributed by atoms with Crippen molar-refractivity contribution in [2.75, 3.05) is 6.61 Å². The molecule has 2 aliphatic rings. The maximum Gasteiger partial charge on any atom is 0.159 e. The number of rotatable bonds is 4. The van der Waals surface area contributed by atoms with Crippen LogP contribution in [0, 0.1) is 23.3 Å². The van der Waals surface area contributed by atoms with E-state index >= 15 is 0 Å². The van der Waals surface area contributed by atoms with Gasteiger partial charge >= 0.3 is 0 Å². The van der Waals surface area contributed by atoms with E-state index in [4.69, 9.17) is 0 Å². The molecule has 0 bridgehead atoms. The van der Waals surface area contributed by atoms with Crippen LogP contribution < -0.4 is 0 Å². The second-order valence-electron chi connectivity index (χ2n) is 7.82. The van der Waals surface area contributed by atoms with Gasteiger partial charge in [0.25, 0.3) is 0 Å². The SMILES string of the molecule is OC[C@@H](O)[C@]1(O)C(c2ccc(F)c(F)c2)[C@]2(O)C(O)C(c3ccc(F)c(F)c3)[C@@]21O. The summed E-state index contributed by atoms with van der Waals surface area (Å²) < 4.78 is 54.1. The molecule has 0 saturated heterocycles. The highest BCUT2D eigenvalue weighted by atomic mass is 19.2. The summed E-state index contributed by atoms with van der Waals surface area (Å²) in [4.78, 5) is 0. The molecule has 7 atom stereocenters. The Morgan fingerprint density at radius 2 is 1.33 bits per heavy atom. The number of hydrogen-bond acceptors (Lipinski definition) is 6. The van der Waals surface area contributed by atoms with Gasteiger partial charge in [-0.3, -0.25) is 0 Å². The highest BCUT2D eigenvalue weighted by Crippen LogP contribution is 2.75. The van der Waals surface area contributed by atoms with Crippen LogP contribution >= 0.6 is 0 Å². The van der Waals surface area contributed by atoms with Gasteiger partial charge in [0.1, 0.15) is 22.9 Å². The quantitative estimate of drug-likeness (QED) is 0.381. The van der Waals surface area contributed by atoms with Gasteiger partial charge in [-0.25, -0.2) is 17.6 Å². The predicted molar refractivity (Wildman–Crippen MR) is 92.1 cm³/mol. The number of hydrogen-bond donors (Lipinski definition) is 6. The van der Waals surface area contributed by atoms with Crippen LogP contribution in [0.5, 0.6) is 0 Å². The second kappa shape index (κ2) is 6.46. The lowest BCUT2D eigenvalue weighted by Crippen LogP contribution is -2.99. The number of benzene rings is 2. The van der Waals surface area contributed by atoms with Gasteiger partial charge in [-0.05, 0) is 35.4 Å². The molecule has 6 nitrogen and oxygen atoms in total. The molecule has 2 saturated carbocycles. The molecule has 2 fully saturated rings. The first-order chi connectivity index (χ1) is 14.0. The van der Waals surface area contributed by atoms with Crippen molar-refractivity contribution in [1.82, 2.24) is 0 Å². The smallest absolute Gasteiger partial charge is 0.159 e. The monoisotopic (exact) mass is 430 g/mol. The van der Waals surface area contributed by atoms with Gasteiger partial charge in [0, 0.05) is 5.92 Å². The van der Waals surface area contributed by atoms with E-state index in [0.717, 1.165) is 12.1 Å². The molecular formula is C20H18F4O6. The minimum atomic E-state index is -2.75. The van der Waals surface area contributed by atoms with Crippen molar-refractivity contribution < 1.29 is 48.2 Å². The minimum absolute atomic E-state index is 0.194. The first-order valence-corrected chi connectivity index (χ1v) is 9.00. The zero-order valence-electron chi connectivity index (χ0n) is 15.2. The molecule has 0 aliphatic heterocycles. The normalized spacial score (nSPS) is 38.4. The lowest BCUT2D eigenvalue weighted by molar-refractivity contribution is -0.459. The molecule has 162 valence electrons. The number of fused-ring (bicyclic) bond motifs is 1. The Balaban J connectivity index is 1.87. The summed E-state index contributed by atoms with van der Waals surface area (Å²) in [6.07, 6.45) is -3.96. The predicted octanol–water partition coefficient (Wildman–Crippen LogP) is 0.0450. The molecule has 10 heteroatoms. The largest absolute Gasteiger partial charge is 0.394 e. The molecule has 0 aromatic heterocycles. The van der Waals surface area contributed by atoms with Crippen LogP contribution in [-0.4, -0.2) is 66.3 Å². The Kier molecular flexibility index (Phi) is 4.56. The van der Waals surface area contributed by atoms with Crippen LogP contribution in [0.25, 0.3) is 0 Å². The minimum Gasteiger partial charge on any atom is -0.394 e. The third-order valence-electron chi connectivity index (χ3n) is 6.58. The lowest BCUT2D eigenvalue weighted by atomic mass is 9.30. The molecule has 2 aliphatic carbocycles. The fourth-order valence-electron chi connectivity index (χ4n) is 5.21. The fraction of sp³-hybridized carbons (Fsp3) is 0.400. The highest BCUT2D eigenvalue weighted by Gasteiger charge is 2.93. The Morgan fingerprint density at radius 3 is 1.83 bits per heavy atom. The molecule has 0 amide bonds. The molecule has 2 aromatic carbocycles. The number of aliphatic hydroxyl groups excluding tert-OH is 3. The fourth-order valence-corrected chi connectivity index (χ4v) is 5.21. The summed E-state index contributed by atoms with van der Waals surface area (Å²) in [5, 5.41) is 63.9. The third-order valence-corrected chi connectivity index (χ3v) is 6.58. The first-order valence-electron chi connectivity index (χ1n) is 9.00. The maximum absolute atomic E-state index is 13.8. The zero-order chi connectivity index (χ0) is 22.2. The van der Waals surface area contributed by atoms with E-state index < -0.39 is 70.7 Å². The molecule has 6 N–H and O–H groups in total. The second-order valence-corrected chi connectivity index (χ2v) is 7.82. The van der Waals surface area contributed by atoms with Crippen LogP contribution in [0.15, 0.2) is 36.4 Å². The molecular weight excluding hydrogens is 412 g/mol. The topological polar surface area (TPSA) is 121 Å². The van der Waals surface area contributed by atoms with Crippen LogP contribution in [0.3, 0.4) is 0 Å². The van der Waals surface area contributed by atoms with E-state index in [2.05, 4.69) is 0 Å². The summed E-state index contributed by atoms with van der Waals surface area (Å²) in [5.74, 6) is -8.46. The Labute approximate surface area is 167 Å². The lowest BCUT2D eigenvalue weighted by Gasteiger charge is -2.80. The maximum atomic E-state index is 13.8. The van der Waals surface area contributed by atoms with Crippen molar-refractivity contribution in [1.29, 1.82) is 0 Å². The summed E-state index contributed by atoms with van der Waals surface area (Å²) in [7, 11) is 0. The van der Waals surface area contributed by atoms with Gasteiger partial charge in [0.05, 0.1) is 18.6 Å². The van der Waals surface area contributed by atoms with Crippen LogP contribution in [-0.2, 0) is 0 Å². The first kappa shape index (κ1) is 21.2. The molecule has 2 aromatic rings. The van der Waals surface area contributed by atoms with E-state index in [1.54, 1.807) is 0 Å². The Bertz CT molecular complexity index is 1020. The van der Waals surface area contributed by atoms with Crippen molar-refractivity contribution in [2.45, 2.75) is 40.8 Å². The van der Waals surface area contributed by atoms with Crippen LogP contribution in [0.4, 0.5) is 17.6 Å². The molecule has 0 heterocycles. The zero-order valence-corrected chi connectivity index (χ0v) is 15.2. The molecule has 30 heavy (non-hydrogen) atoms. The number of aliphatic hydroxyl groups is 6. The molecule has 0 spiro atoms. The highest BCUT2D eigenvalue weighted by molar-refractivity contribution is 5.55. The van der Waals surface area contributed by atoms with E-state index in [1.807, 2.05) is 0 Å². The van der Waals surface area contributed by atoms with Crippen LogP contribution in [0.2, 0.25) is 0 Å². The van der Waals surface area contributed by atoms with Gasteiger partial charge in [-0.15, -0.1) is 0 Å². The summed E-state index contributed by atoms with van der Waals surface area (Å²) in [6.45, 7) is -1.10. The van der Waals surface area contributed by atoms with Crippen molar-refractivity contribution in [2.24, 2.45) is 0 Å². The van der Waals surface area contributed by atoms with Gasteiger partial charge in [0.15, 0.2) is 23.3 Å². The average molecular weight is 430 g/mol. The molecule has 3 unspecified atom stereocenters. The van der Waals surface area contributed by atoms with Gasteiger partial charge in [0.2, 0.25) is 0 Å². The summed E-state index contributed by atoms with van der Waals surface area (Å²) in [5.41, 5.74) is -8.52. The van der Waals surface area contributed by atoms with Gasteiger partial charge in [-0.2, -0.15) is 0 Å². The van der Waals surface area contributed by atoms with Crippen molar-refractivity contribution in [3.8, 4) is 0 Å². The van der Waals surface area contributed by atoms with Crippen LogP contribution in [0.1, 0.15) is 23.0 Å². The van der Waals surface area contributed by atoms with Crippen molar-refractivity contribution in [3.05, 3.63) is 70.8 Å².